The highest BCUT2D eigenvalue weighted by Gasteiger charge is 2.22. The molecule has 0 N–H and O–H groups in total. The lowest BCUT2D eigenvalue weighted by Gasteiger charge is -2.08. The van der Waals surface area contributed by atoms with Gasteiger partial charge >= 0.3 is 5.84 Å². The van der Waals surface area contributed by atoms with Crippen LogP contribution in [0, 0.1) is 11.9 Å². The highest BCUT2D eigenvalue weighted by molar-refractivity contribution is 6.10. The molecule has 0 aliphatic rings. The van der Waals surface area contributed by atoms with Gasteiger partial charge in [-0.3, -0.25) is 4.40 Å². The van der Waals surface area contributed by atoms with Gasteiger partial charge in [0.1, 0.15) is 11.0 Å². The van der Waals surface area contributed by atoms with Crippen LogP contribution in [-0.4, -0.2) is 19.4 Å². The first-order chi connectivity index (χ1) is 19.7. The predicted molar refractivity (Wildman–Crippen MR) is 152 cm³/mol. The maximum Gasteiger partial charge on any atom is 0.308 e. The van der Waals surface area contributed by atoms with Crippen LogP contribution in [0.4, 0.5) is 8.78 Å². The minimum absolute atomic E-state index is 0.223. The van der Waals surface area contributed by atoms with Gasteiger partial charge in [0, 0.05) is 22.1 Å². The van der Waals surface area contributed by atoms with E-state index in [0.717, 1.165) is 55.9 Å². The molecule has 8 aromatic rings. The van der Waals surface area contributed by atoms with E-state index in [-0.39, 0.29) is 5.56 Å². The third-order valence-electron chi connectivity index (χ3n) is 7.24. The maximum atomic E-state index is 14.5. The Balaban J connectivity index is 1.40. The quantitative estimate of drug-likeness (QED) is 0.218. The number of para-hydroxylation sites is 2. The predicted octanol–water partition coefficient (Wildman–Crippen LogP) is 8.46. The van der Waals surface area contributed by atoms with Crippen LogP contribution in [0.15, 0.2) is 114 Å². The first kappa shape index (κ1) is 22.5. The zero-order chi connectivity index (χ0) is 26.8. The Morgan fingerprint density at radius 3 is 2.23 bits per heavy atom. The molecule has 7 heteroatoms. The zero-order valence-corrected chi connectivity index (χ0v) is 20.8. The summed E-state index contributed by atoms with van der Waals surface area (Å²) in [5.74, 6) is -1.25. The van der Waals surface area contributed by atoms with Crippen molar-refractivity contribution in [3.8, 4) is 33.5 Å². The molecule has 0 radical (unpaired) electrons. The van der Waals surface area contributed by atoms with E-state index in [1.54, 1.807) is 6.07 Å². The Morgan fingerprint density at radius 2 is 1.38 bits per heavy atom. The summed E-state index contributed by atoms with van der Waals surface area (Å²) in [6.07, 6.45) is 0. The second-order valence-corrected chi connectivity index (χ2v) is 9.58. The third kappa shape index (κ3) is 3.34. The summed E-state index contributed by atoms with van der Waals surface area (Å²) < 4.78 is 36.3. The maximum absolute atomic E-state index is 14.5. The molecule has 4 aromatic carbocycles. The zero-order valence-electron chi connectivity index (χ0n) is 20.8. The van der Waals surface area contributed by atoms with E-state index in [0.29, 0.717) is 17.0 Å². The van der Waals surface area contributed by atoms with Crippen molar-refractivity contribution in [3.05, 3.63) is 121 Å². The molecule has 4 aromatic heterocycles. The number of benzene rings is 4. The van der Waals surface area contributed by atoms with Gasteiger partial charge < -0.3 is 4.42 Å². The van der Waals surface area contributed by atoms with Crippen molar-refractivity contribution in [1.29, 1.82) is 0 Å². The van der Waals surface area contributed by atoms with Gasteiger partial charge in [0.15, 0.2) is 5.58 Å². The molecule has 0 saturated heterocycles. The van der Waals surface area contributed by atoms with E-state index < -0.39 is 11.9 Å². The Kier molecular flexibility index (Phi) is 4.81. The SMILES string of the molecule is Fc1ccc(-c2cccc(-c3cccc4c3oc3nc5c6ccccc6nc(-c6ccccc6)c5n34)c2)c(F)n1. The summed E-state index contributed by atoms with van der Waals surface area (Å²) >= 11 is 0. The summed E-state index contributed by atoms with van der Waals surface area (Å²) in [6, 6.07) is 33.9. The summed E-state index contributed by atoms with van der Waals surface area (Å²) in [5, 5.41) is 0.947. The highest BCUT2D eigenvalue weighted by atomic mass is 19.1. The molecule has 0 spiro atoms. The fourth-order valence-corrected chi connectivity index (χ4v) is 5.45. The van der Waals surface area contributed by atoms with Gasteiger partial charge in [-0.25, -0.2) is 4.98 Å². The Morgan fingerprint density at radius 1 is 0.625 bits per heavy atom. The molecule has 40 heavy (non-hydrogen) atoms. The number of halogens is 2. The average molecular weight is 525 g/mol. The molecule has 4 heterocycles. The second-order valence-electron chi connectivity index (χ2n) is 9.58. The van der Waals surface area contributed by atoms with Gasteiger partial charge in [-0.1, -0.05) is 78.9 Å². The minimum atomic E-state index is -0.856. The van der Waals surface area contributed by atoms with E-state index in [9.17, 15) is 8.78 Å². The van der Waals surface area contributed by atoms with Crippen molar-refractivity contribution >= 4 is 38.9 Å². The molecule has 0 aliphatic carbocycles. The van der Waals surface area contributed by atoms with Crippen LogP contribution in [0.2, 0.25) is 0 Å². The normalized spacial score (nSPS) is 11.8. The van der Waals surface area contributed by atoms with Crippen LogP contribution in [0.25, 0.3) is 72.4 Å². The number of nitrogens with zero attached hydrogens (tertiary/aromatic N) is 4. The molecule has 5 nitrogen and oxygen atoms in total. The molecule has 8 rings (SSSR count). The van der Waals surface area contributed by atoms with Crippen molar-refractivity contribution in [3.63, 3.8) is 0 Å². The van der Waals surface area contributed by atoms with E-state index in [1.807, 2.05) is 95.4 Å². The van der Waals surface area contributed by atoms with Gasteiger partial charge in [-0.2, -0.15) is 18.7 Å². The van der Waals surface area contributed by atoms with Crippen LogP contribution in [0.3, 0.4) is 0 Å². The van der Waals surface area contributed by atoms with E-state index >= 15 is 0 Å². The molecule has 0 amide bonds. The lowest BCUT2D eigenvalue weighted by atomic mass is 9.99. The molecule has 0 bridgehead atoms. The molecule has 0 atom stereocenters. The van der Waals surface area contributed by atoms with Crippen LogP contribution in [-0.2, 0) is 0 Å². The highest BCUT2D eigenvalue weighted by Crippen LogP contribution is 2.39. The third-order valence-corrected chi connectivity index (χ3v) is 7.24. The number of aromatic nitrogens is 4. The molecule has 0 saturated carbocycles. The van der Waals surface area contributed by atoms with Gasteiger partial charge in [-0.15, -0.1) is 0 Å². The minimum Gasteiger partial charge on any atom is -0.422 e. The molecule has 190 valence electrons. The lowest BCUT2D eigenvalue weighted by molar-refractivity contribution is 0.515. The molecular formula is C33H18F2N4O. The summed E-state index contributed by atoms with van der Waals surface area (Å²) in [6.45, 7) is 0. The largest absolute Gasteiger partial charge is 0.422 e. The summed E-state index contributed by atoms with van der Waals surface area (Å²) in [7, 11) is 0. The van der Waals surface area contributed by atoms with Crippen molar-refractivity contribution < 1.29 is 13.2 Å². The van der Waals surface area contributed by atoms with Crippen molar-refractivity contribution in [2.45, 2.75) is 0 Å². The van der Waals surface area contributed by atoms with Crippen LogP contribution in [0.1, 0.15) is 0 Å². The molecule has 0 fully saturated rings. The Hall–Kier alpha value is -5.43. The first-order valence-corrected chi connectivity index (χ1v) is 12.8. The number of rotatable bonds is 3. The fourth-order valence-electron chi connectivity index (χ4n) is 5.45. The number of hydrogen-bond donors (Lipinski definition) is 0. The second kappa shape index (κ2) is 8.54. The first-order valence-electron chi connectivity index (χ1n) is 12.8. The van der Waals surface area contributed by atoms with Crippen LogP contribution in [0.5, 0.6) is 0 Å². The van der Waals surface area contributed by atoms with Gasteiger partial charge in [-0.05, 0) is 41.5 Å². The summed E-state index contributed by atoms with van der Waals surface area (Å²) in [5.41, 5.74) is 8.27. The molecule has 0 unspecified atom stereocenters. The fraction of sp³-hybridized carbons (Fsp3) is 0. The number of pyridine rings is 2. The Bertz CT molecular complexity index is 2250. The van der Waals surface area contributed by atoms with Crippen LogP contribution >= 0.6 is 0 Å². The van der Waals surface area contributed by atoms with Crippen LogP contribution < -0.4 is 0 Å². The van der Waals surface area contributed by atoms with Crippen molar-refractivity contribution in [2.75, 3.05) is 0 Å². The smallest absolute Gasteiger partial charge is 0.308 e. The topological polar surface area (TPSA) is 56.2 Å². The van der Waals surface area contributed by atoms with E-state index in [2.05, 4.69) is 4.98 Å². The number of imidazole rings is 1. The van der Waals surface area contributed by atoms with Gasteiger partial charge in [0.2, 0.25) is 11.9 Å². The monoisotopic (exact) mass is 524 g/mol. The molecule has 0 aliphatic heterocycles. The van der Waals surface area contributed by atoms with Gasteiger partial charge in [0.05, 0.1) is 16.7 Å². The Labute approximate surface area is 226 Å². The number of oxazole rings is 1. The van der Waals surface area contributed by atoms with Gasteiger partial charge in [0.25, 0.3) is 0 Å². The number of hydrogen-bond acceptors (Lipinski definition) is 4. The van der Waals surface area contributed by atoms with E-state index in [1.165, 1.54) is 6.07 Å². The van der Waals surface area contributed by atoms with Crippen molar-refractivity contribution in [1.82, 2.24) is 19.4 Å². The standard InChI is InChI=1S/C33H18F2N4O/c34-27-17-16-23(32(35)37-27)21-11-6-10-20(18-21)22-13-7-15-26-31(22)40-33-38-29-24-12-4-5-14-25(24)36-28(30(29)39(26)33)19-8-2-1-3-9-19/h1-18H. The summed E-state index contributed by atoms with van der Waals surface area (Å²) in [4.78, 5) is 13.3. The van der Waals surface area contributed by atoms with E-state index in [4.69, 9.17) is 14.4 Å². The average Bonchev–Trinajstić information content (AvgIpc) is 3.54. The lowest BCUT2D eigenvalue weighted by Crippen LogP contribution is -1.93. The molecular weight excluding hydrogens is 506 g/mol. The van der Waals surface area contributed by atoms with Crippen molar-refractivity contribution in [2.24, 2.45) is 0 Å². The number of fused-ring (bicyclic) bond motifs is 7.